The van der Waals surface area contributed by atoms with Crippen LogP contribution in [0.3, 0.4) is 0 Å². The van der Waals surface area contributed by atoms with Crippen LogP contribution in [0.2, 0.25) is 0 Å². The van der Waals surface area contributed by atoms with Gasteiger partial charge < -0.3 is 14.5 Å². The largest absolute Gasteiger partial charge is 0.481 e. The van der Waals surface area contributed by atoms with Gasteiger partial charge in [0.1, 0.15) is 24.0 Å². The predicted octanol–water partition coefficient (Wildman–Crippen LogP) is 4.20. The summed E-state index contributed by atoms with van der Waals surface area (Å²) in [6.07, 6.45) is 6.83. The molecule has 0 atom stereocenters. The van der Waals surface area contributed by atoms with Gasteiger partial charge in [-0.2, -0.15) is 0 Å². The van der Waals surface area contributed by atoms with Crippen LogP contribution < -0.4 is 10.1 Å². The maximum atomic E-state index is 13.8. The third kappa shape index (κ3) is 4.95. The minimum atomic E-state index is -0.741. The number of nitrogens with one attached hydrogen (secondary N) is 1. The molecule has 5 nitrogen and oxygen atoms in total. The third-order valence-electron chi connectivity index (χ3n) is 3.78. The number of oxazole rings is 1. The Morgan fingerprint density at radius 1 is 1.21 bits per heavy atom. The van der Waals surface area contributed by atoms with Crippen LogP contribution in [0.15, 0.2) is 53.1 Å². The Balaban J connectivity index is 1.54. The highest BCUT2D eigenvalue weighted by Gasteiger charge is 2.13. The maximum Gasteiger partial charge on any atom is 0.224 e. The molecule has 28 heavy (non-hydrogen) atoms. The smallest absolute Gasteiger partial charge is 0.224 e. The van der Waals surface area contributed by atoms with Crippen molar-refractivity contribution >= 4 is 11.6 Å². The minimum absolute atomic E-state index is 0.108. The molecule has 1 N–H and O–H groups in total. The fraction of sp³-hybridized carbons (Fsp3) is 0.143. The third-order valence-corrected chi connectivity index (χ3v) is 3.78. The Hall–Kier alpha value is -3.66. The molecule has 0 aliphatic carbocycles. The number of hydrogen-bond donors (Lipinski definition) is 1. The molecule has 0 spiro atoms. The number of amides is 1. The number of anilines is 1. The van der Waals surface area contributed by atoms with E-state index < -0.39 is 11.6 Å². The first-order valence-corrected chi connectivity index (χ1v) is 8.41. The molecule has 0 aliphatic heterocycles. The molecule has 0 unspecified atom stereocenters. The molecular formula is C21H16F2N2O3. The van der Waals surface area contributed by atoms with E-state index in [1.165, 1.54) is 12.3 Å². The highest BCUT2D eigenvalue weighted by molar-refractivity contribution is 5.90. The highest BCUT2D eigenvalue weighted by atomic mass is 19.1. The summed E-state index contributed by atoms with van der Waals surface area (Å²) >= 11 is 0. The van der Waals surface area contributed by atoms with Crippen molar-refractivity contribution in [1.29, 1.82) is 0 Å². The van der Waals surface area contributed by atoms with Crippen molar-refractivity contribution in [2.24, 2.45) is 0 Å². The van der Waals surface area contributed by atoms with E-state index in [1.54, 1.807) is 24.3 Å². The van der Waals surface area contributed by atoms with Gasteiger partial charge in [0.25, 0.3) is 0 Å². The molecule has 1 amide bonds. The van der Waals surface area contributed by atoms with Crippen LogP contribution >= 0.6 is 0 Å². The molecule has 0 saturated heterocycles. The van der Waals surface area contributed by atoms with E-state index in [2.05, 4.69) is 16.2 Å². The van der Waals surface area contributed by atoms with Gasteiger partial charge in [-0.05, 0) is 36.4 Å². The van der Waals surface area contributed by atoms with Crippen molar-refractivity contribution in [2.45, 2.75) is 12.8 Å². The number of ether oxygens (including phenoxy) is 1. The second-order valence-electron chi connectivity index (χ2n) is 5.81. The van der Waals surface area contributed by atoms with Gasteiger partial charge in [0.2, 0.25) is 5.91 Å². The van der Waals surface area contributed by atoms with Crippen molar-refractivity contribution in [3.63, 3.8) is 0 Å². The van der Waals surface area contributed by atoms with Gasteiger partial charge in [0.15, 0.2) is 11.7 Å². The second-order valence-corrected chi connectivity index (χ2v) is 5.81. The number of halogens is 2. The summed E-state index contributed by atoms with van der Waals surface area (Å²) in [6.45, 7) is 0.172. The Morgan fingerprint density at radius 3 is 2.71 bits per heavy atom. The Bertz CT molecular complexity index is 1010. The fourth-order valence-electron chi connectivity index (χ4n) is 2.44. The minimum Gasteiger partial charge on any atom is -0.481 e. The van der Waals surface area contributed by atoms with Gasteiger partial charge in [-0.15, -0.1) is 6.42 Å². The van der Waals surface area contributed by atoms with Crippen LogP contribution in [0.5, 0.6) is 5.75 Å². The molecule has 1 heterocycles. The molecule has 0 fully saturated rings. The summed E-state index contributed by atoms with van der Waals surface area (Å²) < 4.78 is 37.5. The molecule has 0 radical (unpaired) electrons. The molecule has 3 aromatic rings. The van der Waals surface area contributed by atoms with E-state index in [1.807, 2.05) is 0 Å². The SMILES string of the molecule is C#CCOc1ccc(NC(=O)CCc2ncc(-c3ccc(F)cc3F)o2)cc1. The number of aryl methyl sites for hydroxylation is 1. The lowest BCUT2D eigenvalue weighted by Crippen LogP contribution is -2.12. The number of carbonyl (C=O) groups excluding carboxylic acids is 1. The van der Waals surface area contributed by atoms with Crippen LogP contribution in [0.4, 0.5) is 14.5 Å². The van der Waals surface area contributed by atoms with Gasteiger partial charge in [0, 0.05) is 24.6 Å². The highest BCUT2D eigenvalue weighted by Crippen LogP contribution is 2.24. The van der Waals surface area contributed by atoms with Gasteiger partial charge in [-0.25, -0.2) is 13.8 Å². The zero-order chi connectivity index (χ0) is 19.9. The van der Waals surface area contributed by atoms with Crippen LogP contribution in [-0.2, 0) is 11.2 Å². The summed E-state index contributed by atoms with van der Waals surface area (Å²) in [5.74, 6) is 1.79. The lowest BCUT2D eigenvalue weighted by Gasteiger charge is -2.06. The summed E-state index contributed by atoms with van der Waals surface area (Å²) in [5.41, 5.74) is 0.719. The summed E-state index contributed by atoms with van der Waals surface area (Å²) in [7, 11) is 0. The molecule has 1 aromatic heterocycles. The Labute approximate surface area is 160 Å². The van der Waals surface area contributed by atoms with Gasteiger partial charge in [-0.1, -0.05) is 5.92 Å². The fourth-order valence-corrected chi connectivity index (χ4v) is 2.44. The first-order chi connectivity index (χ1) is 13.5. The number of nitrogens with zero attached hydrogens (tertiary/aromatic N) is 1. The van der Waals surface area contributed by atoms with E-state index >= 15 is 0 Å². The molecule has 3 rings (SSSR count). The molecule has 142 valence electrons. The predicted molar refractivity (Wildman–Crippen MR) is 99.6 cm³/mol. The summed E-state index contributed by atoms with van der Waals surface area (Å²) in [4.78, 5) is 16.1. The van der Waals surface area contributed by atoms with Crippen molar-refractivity contribution < 1.29 is 22.7 Å². The molecule has 0 saturated carbocycles. The van der Waals surface area contributed by atoms with E-state index in [-0.39, 0.29) is 42.6 Å². The topological polar surface area (TPSA) is 64.4 Å². The average molecular weight is 382 g/mol. The lowest BCUT2D eigenvalue weighted by atomic mass is 10.2. The number of carbonyl (C=O) groups is 1. The monoisotopic (exact) mass is 382 g/mol. The zero-order valence-electron chi connectivity index (χ0n) is 14.7. The number of aromatic nitrogens is 1. The summed E-state index contributed by atoms with van der Waals surface area (Å²) in [6, 6.07) is 9.98. The molecule has 2 aromatic carbocycles. The van der Waals surface area contributed by atoms with Gasteiger partial charge in [-0.3, -0.25) is 4.79 Å². The molecule has 0 aliphatic rings. The van der Waals surface area contributed by atoms with Crippen LogP contribution in [0.25, 0.3) is 11.3 Å². The van der Waals surface area contributed by atoms with Crippen LogP contribution in [-0.4, -0.2) is 17.5 Å². The van der Waals surface area contributed by atoms with Gasteiger partial charge >= 0.3 is 0 Å². The van der Waals surface area contributed by atoms with Crippen molar-refractivity contribution in [3.05, 3.63) is 66.2 Å². The quantitative estimate of drug-likeness (QED) is 0.622. The summed E-state index contributed by atoms with van der Waals surface area (Å²) in [5, 5.41) is 2.74. The Kier molecular flexibility index (Phi) is 6.02. The molecular weight excluding hydrogens is 366 g/mol. The van der Waals surface area contributed by atoms with E-state index in [4.69, 9.17) is 15.6 Å². The van der Waals surface area contributed by atoms with Crippen molar-refractivity contribution in [1.82, 2.24) is 4.98 Å². The van der Waals surface area contributed by atoms with Gasteiger partial charge in [0.05, 0.1) is 11.8 Å². The zero-order valence-corrected chi connectivity index (χ0v) is 14.7. The Morgan fingerprint density at radius 2 is 2.00 bits per heavy atom. The number of hydrogen-bond acceptors (Lipinski definition) is 4. The molecule has 7 heteroatoms. The van der Waals surface area contributed by atoms with Crippen molar-refractivity contribution in [3.8, 4) is 29.4 Å². The van der Waals surface area contributed by atoms with Crippen molar-refractivity contribution in [2.75, 3.05) is 11.9 Å². The number of rotatable bonds is 7. The van der Waals surface area contributed by atoms with Crippen LogP contribution in [0.1, 0.15) is 12.3 Å². The number of benzene rings is 2. The van der Waals surface area contributed by atoms with E-state index in [0.717, 1.165) is 12.1 Å². The standard InChI is InChI=1S/C21H16F2N2O3/c1-2-11-27-16-6-4-15(5-7-16)25-20(26)9-10-21-24-13-19(28-21)17-8-3-14(22)12-18(17)23/h1,3-8,12-13H,9-11H2,(H,25,26). The maximum absolute atomic E-state index is 13.8. The van der Waals surface area contributed by atoms with E-state index in [0.29, 0.717) is 11.4 Å². The normalized spacial score (nSPS) is 10.3. The first-order valence-electron chi connectivity index (χ1n) is 8.41. The average Bonchev–Trinajstić information content (AvgIpc) is 3.14. The van der Waals surface area contributed by atoms with E-state index in [9.17, 15) is 13.6 Å². The van der Waals surface area contributed by atoms with Crippen LogP contribution in [0, 0.1) is 24.0 Å². The lowest BCUT2D eigenvalue weighted by molar-refractivity contribution is -0.116. The second kappa shape index (κ2) is 8.82. The molecule has 0 bridgehead atoms. The number of terminal acetylenes is 1. The first kappa shape index (κ1) is 19.1.